The van der Waals surface area contributed by atoms with E-state index in [1.807, 2.05) is 0 Å². The molecule has 0 saturated heterocycles. The van der Waals surface area contributed by atoms with Crippen molar-refractivity contribution in [2.45, 2.75) is 38.6 Å². The zero-order chi connectivity index (χ0) is 10.3. The van der Waals surface area contributed by atoms with Crippen LogP contribution >= 0.6 is 0 Å². The summed E-state index contributed by atoms with van der Waals surface area (Å²) in [4.78, 5) is 0. The van der Waals surface area contributed by atoms with E-state index in [2.05, 4.69) is 35.6 Å². The first kappa shape index (κ1) is 13.5. The zero-order valence-electron chi connectivity index (χ0n) is 9.79. The van der Waals surface area contributed by atoms with E-state index in [-0.39, 0.29) is 12.4 Å². The summed E-state index contributed by atoms with van der Waals surface area (Å²) in [6.07, 6.45) is 7.20. The quantitative estimate of drug-likeness (QED) is 0.799. The maximum atomic E-state index is 3.57. The lowest BCUT2D eigenvalue weighted by molar-refractivity contribution is -0.00000317. The van der Waals surface area contributed by atoms with Gasteiger partial charge in [0.05, 0.1) is 0 Å². The maximum absolute atomic E-state index is 3.57. The molecule has 2 rings (SSSR count). The van der Waals surface area contributed by atoms with Crippen molar-refractivity contribution < 1.29 is 12.4 Å². The predicted octanol–water partition coefficient (Wildman–Crippen LogP) is 0.361. The fourth-order valence-corrected chi connectivity index (χ4v) is 2.41. The van der Waals surface area contributed by atoms with Crippen LogP contribution < -0.4 is 17.7 Å². The zero-order valence-corrected chi connectivity index (χ0v) is 10.5. The summed E-state index contributed by atoms with van der Waals surface area (Å²) < 4.78 is 0. The van der Waals surface area contributed by atoms with Crippen molar-refractivity contribution in [1.29, 1.82) is 0 Å². The van der Waals surface area contributed by atoms with Gasteiger partial charge in [-0.2, -0.15) is 0 Å². The molecule has 0 unspecified atom stereocenters. The average molecular weight is 239 g/mol. The highest BCUT2D eigenvalue weighted by atomic mass is 35.5. The van der Waals surface area contributed by atoms with Crippen LogP contribution in [0.1, 0.15) is 37.7 Å². The van der Waals surface area contributed by atoms with Crippen LogP contribution in [0.5, 0.6) is 0 Å². The van der Waals surface area contributed by atoms with Gasteiger partial charge in [0.2, 0.25) is 0 Å². The van der Waals surface area contributed by atoms with E-state index >= 15 is 0 Å². The first-order valence-corrected chi connectivity index (χ1v) is 6.20. The summed E-state index contributed by atoms with van der Waals surface area (Å²) in [7, 11) is 0. The minimum Gasteiger partial charge on any atom is -1.00 e. The van der Waals surface area contributed by atoms with E-state index in [0.717, 1.165) is 12.5 Å². The van der Waals surface area contributed by atoms with Gasteiger partial charge in [0.25, 0.3) is 0 Å². The maximum Gasteiger partial charge on any atom is 0.0205 e. The summed E-state index contributed by atoms with van der Waals surface area (Å²) >= 11 is 0. The van der Waals surface area contributed by atoms with E-state index in [1.165, 1.54) is 44.2 Å². The summed E-state index contributed by atoms with van der Waals surface area (Å²) in [5.74, 6) is 0.933. The van der Waals surface area contributed by atoms with E-state index in [9.17, 15) is 0 Å². The second kappa shape index (κ2) is 7.70. The van der Waals surface area contributed by atoms with Crippen LogP contribution in [0.15, 0.2) is 30.3 Å². The second-order valence-corrected chi connectivity index (χ2v) is 4.62. The van der Waals surface area contributed by atoms with Crippen molar-refractivity contribution in [3.8, 4) is 0 Å². The predicted molar refractivity (Wildman–Crippen MR) is 64.7 cm³/mol. The van der Waals surface area contributed by atoms with Crippen LogP contribution in [0, 0.1) is 5.92 Å². The molecule has 90 valence electrons. The van der Waals surface area contributed by atoms with Crippen LogP contribution in [0.25, 0.3) is 0 Å². The fourth-order valence-electron chi connectivity index (χ4n) is 2.41. The topological polar surface area (TPSA) is 12.0 Å². The van der Waals surface area contributed by atoms with Gasteiger partial charge in [-0.05, 0) is 30.9 Å². The third kappa shape index (κ3) is 4.54. The number of benzene rings is 1. The van der Waals surface area contributed by atoms with Gasteiger partial charge in [-0.3, -0.25) is 0 Å². The summed E-state index contributed by atoms with van der Waals surface area (Å²) in [5, 5.41) is 3.57. The van der Waals surface area contributed by atoms with Crippen LogP contribution in [0.3, 0.4) is 0 Å². The third-order valence-corrected chi connectivity index (χ3v) is 3.33. The number of halogens is 1. The van der Waals surface area contributed by atoms with E-state index in [4.69, 9.17) is 0 Å². The fraction of sp³-hybridized carbons (Fsp3) is 0.571. The van der Waals surface area contributed by atoms with Crippen molar-refractivity contribution >= 4 is 0 Å². The molecule has 1 nitrogen and oxygen atoms in total. The molecule has 0 heterocycles. The Labute approximate surface area is 105 Å². The van der Waals surface area contributed by atoms with Crippen LogP contribution in [-0.4, -0.2) is 6.54 Å². The van der Waals surface area contributed by atoms with Gasteiger partial charge in [0.1, 0.15) is 0 Å². The highest BCUT2D eigenvalue weighted by Crippen LogP contribution is 2.22. The molecular weight excluding hydrogens is 218 g/mol. The largest absolute Gasteiger partial charge is 1.00 e. The molecule has 1 aliphatic carbocycles. The van der Waals surface area contributed by atoms with Crippen LogP contribution in [0.2, 0.25) is 0 Å². The normalized spacial score (nSPS) is 16.8. The molecule has 2 heteroatoms. The minimum absolute atomic E-state index is 0. The molecule has 1 saturated carbocycles. The molecule has 0 aromatic heterocycles. The van der Waals surface area contributed by atoms with Crippen molar-refractivity contribution in [2.24, 2.45) is 5.92 Å². The highest BCUT2D eigenvalue weighted by Gasteiger charge is 2.12. The number of hydrogen-bond donors (Lipinski definition) is 1. The van der Waals surface area contributed by atoms with Crippen molar-refractivity contribution in [2.75, 3.05) is 6.54 Å². The van der Waals surface area contributed by atoms with Crippen molar-refractivity contribution in [3.05, 3.63) is 35.9 Å². The summed E-state index contributed by atoms with van der Waals surface area (Å²) in [6.45, 7) is 2.23. The molecule has 16 heavy (non-hydrogen) atoms. The highest BCUT2D eigenvalue weighted by molar-refractivity contribution is 5.14. The summed E-state index contributed by atoms with van der Waals surface area (Å²) in [6, 6.07) is 10.7. The Morgan fingerprint density at radius 3 is 2.38 bits per heavy atom. The Morgan fingerprint density at radius 2 is 1.69 bits per heavy atom. The molecule has 1 aliphatic rings. The molecule has 0 spiro atoms. The first-order chi connectivity index (χ1) is 7.45. The SMILES string of the molecule is [Cl-].c1ccc(CNCC2CCCCC2)cc1. The standard InChI is InChI=1S/C14H21N.ClH/c1-3-7-13(8-4-1)11-15-12-14-9-5-2-6-10-14;/h1,3-4,7-8,14-15H,2,5-6,9-12H2;1H/p-1. The van der Waals surface area contributed by atoms with E-state index < -0.39 is 0 Å². The summed E-state index contributed by atoms with van der Waals surface area (Å²) in [5.41, 5.74) is 1.40. The molecular formula is C14H21ClN-. The lowest BCUT2D eigenvalue weighted by Crippen LogP contribution is -3.00. The monoisotopic (exact) mass is 238 g/mol. The lowest BCUT2D eigenvalue weighted by Gasteiger charge is -2.21. The Morgan fingerprint density at radius 1 is 1.00 bits per heavy atom. The van der Waals surface area contributed by atoms with Crippen LogP contribution in [-0.2, 0) is 6.54 Å². The molecule has 0 atom stereocenters. The van der Waals surface area contributed by atoms with Crippen molar-refractivity contribution in [3.63, 3.8) is 0 Å². The van der Waals surface area contributed by atoms with E-state index in [0.29, 0.717) is 0 Å². The smallest absolute Gasteiger partial charge is 0.0205 e. The minimum atomic E-state index is 0. The van der Waals surface area contributed by atoms with Gasteiger partial charge in [-0.15, -0.1) is 0 Å². The van der Waals surface area contributed by atoms with Crippen LogP contribution in [0.4, 0.5) is 0 Å². The van der Waals surface area contributed by atoms with Gasteiger partial charge in [-0.1, -0.05) is 49.6 Å². The third-order valence-electron chi connectivity index (χ3n) is 3.33. The molecule has 1 fully saturated rings. The average Bonchev–Trinajstić information content (AvgIpc) is 2.32. The molecule has 0 aliphatic heterocycles. The Balaban J connectivity index is 0.00000128. The Kier molecular flexibility index (Phi) is 6.51. The molecule has 1 aromatic carbocycles. The first-order valence-electron chi connectivity index (χ1n) is 6.20. The lowest BCUT2D eigenvalue weighted by atomic mass is 9.89. The molecule has 1 aromatic rings. The van der Waals surface area contributed by atoms with Gasteiger partial charge in [0, 0.05) is 6.54 Å². The Hall–Kier alpha value is -0.530. The molecule has 0 bridgehead atoms. The van der Waals surface area contributed by atoms with Crippen molar-refractivity contribution in [1.82, 2.24) is 5.32 Å². The molecule has 0 radical (unpaired) electrons. The van der Waals surface area contributed by atoms with E-state index in [1.54, 1.807) is 0 Å². The van der Waals surface area contributed by atoms with Gasteiger partial charge < -0.3 is 17.7 Å². The van der Waals surface area contributed by atoms with Gasteiger partial charge in [-0.25, -0.2) is 0 Å². The molecule has 1 N–H and O–H groups in total. The van der Waals surface area contributed by atoms with Gasteiger partial charge in [0.15, 0.2) is 0 Å². The van der Waals surface area contributed by atoms with Gasteiger partial charge >= 0.3 is 0 Å². The Bertz CT molecular complexity index is 267. The second-order valence-electron chi connectivity index (χ2n) is 4.62. The molecule has 0 amide bonds. The number of hydrogen-bond acceptors (Lipinski definition) is 1. The number of nitrogens with one attached hydrogen (secondary N) is 1. The number of rotatable bonds is 4.